The van der Waals surface area contributed by atoms with Crippen molar-refractivity contribution in [2.45, 2.75) is 0 Å². The molecule has 0 spiro atoms. The molecule has 4 nitrogen and oxygen atoms in total. The molecule has 0 aliphatic rings. The number of halogens is 2. The van der Waals surface area contributed by atoms with Gasteiger partial charge in [0.1, 0.15) is 5.15 Å². The van der Waals surface area contributed by atoms with Crippen LogP contribution >= 0.6 is 45.7 Å². The lowest BCUT2D eigenvalue weighted by molar-refractivity contribution is 0.403. The first kappa shape index (κ1) is 11.0. The Bertz CT molecular complexity index is 490. The van der Waals surface area contributed by atoms with Crippen molar-refractivity contribution in [3.05, 3.63) is 21.0 Å². The van der Waals surface area contributed by atoms with E-state index in [0.717, 1.165) is 8.45 Å². The summed E-state index contributed by atoms with van der Waals surface area (Å²) in [6, 6.07) is 1.78. The van der Waals surface area contributed by atoms with E-state index < -0.39 is 0 Å². The van der Waals surface area contributed by atoms with Gasteiger partial charge in [-0.05, 0) is 34.1 Å². The number of hydrogen-bond donors (Lipinski definition) is 0. The van der Waals surface area contributed by atoms with Crippen molar-refractivity contribution in [2.24, 2.45) is 0 Å². The Hall–Kier alpha value is -0.470. The van der Waals surface area contributed by atoms with Crippen LogP contribution in [0.3, 0.4) is 0 Å². The van der Waals surface area contributed by atoms with Crippen LogP contribution in [0.4, 0.5) is 0 Å². The van der Waals surface area contributed by atoms with Crippen LogP contribution in [0.5, 0.6) is 5.88 Å². The van der Waals surface area contributed by atoms with Crippen molar-refractivity contribution in [3.63, 3.8) is 0 Å². The normalized spacial score (nSPS) is 10.3. The number of methoxy groups -OCH3 is 1. The Morgan fingerprint density at radius 1 is 1.53 bits per heavy atom. The summed E-state index contributed by atoms with van der Waals surface area (Å²) in [4.78, 5) is 9.16. The molecule has 7 heteroatoms. The highest BCUT2D eigenvalue weighted by atomic mass is 127. The molecular weight excluding hydrogens is 349 g/mol. The van der Waals surface area contributed by atoms with E-state index in [2.05, 4.69) is 36.9 Å². The van der Waals surface area contributed by atoms with E-state index in [1.165, 1.54) is 11.5 Å². The minimum Gasteiger partial charge on any atom is -0.480 e. The summed E-state index contributed by atoms with van der Waals surface area (Å²) in [5.74, 6) is 1.13. The van der Waals surface area contributed by atoms with Gasteiger partial charge in [0.25, 0.3) is 0 Å². The minimum atomic E-state index is 0.452. The van der Waals surface area contributed by atoms with Crippen LogP contribution < -0.4 is 4.74 Å². The van der Waals surface area contributed by atoms with Gasteiger partial charge in [-0.1, -0.05) is 11.6 Å². The molecule has 0 aliphatic carbocycles. The fraction of sp³-hybridized carbons (Fsp3) is 0.125. The minimum absolute atomic E-state index is 0.452. The summed E-state index contributed by atoms with van der Waals surface area (Å²) < 4.78 is 9.87. The fourth-order valence-electron chi connectivity index (χ4n) is 0.926. The molecule has 0 N–H and O–H groups in total. The van der Waals surface area contributed by atoms with Gasteiger partial charge in [-0.3, -0.25) is 0 Å². The highest BCUT2D eigenvalue weighted by Crippen LogP contribution is 2.26. The van der Waals surface area contributed by atoms with Crippen LogP contribution in [0.25, 0.3) is 10.7 Å². The zero-order valence-corrected chi connectivity index (χ0v) is 11.3. The standard InChI is InChI=1S/C8H5ClIN3OS/c1-14-6-2-5(15-13-6)8-11-3-4(10)7(9)12-8/h2-3H,1H3. The Balaban J connectivity index is 2.40. The molecule has 0 aromatic carbocycles. The Kier molecular flexibility index (Phi) is 3.37. The maximum absolute atomic E-state index is 5.90. The number of nitrogens with zero attached hydrogens (tertiary/aromatic N) is 3. The summed E-state index contributed by atoms with van der Waals surface area (Å²) in [5, 5.41) is 0.452. The molecule has 0 fully saturated rings. The average molecular weight is 354 g/mol. The molecule has 2 heterocycles. The van der Waals surface area contributed by atoms with Gasteiger partial charge in [0.05, 0.1) is 15.6 Å². The molecule has 0 atom stereocenters. The first-order chi connectivity index (χ1) is 7.20. The van der Waals surface area contributed by atoms with Crippen molar-refractivity contribution < 1.29 is 4.74 Å². The monoisotopic (exact) mass is 353 g/mol. The lowest BCUT2D eigenvalue weighted by Gasteiger charge is -1.97. The van der Waals surface area contributed by atoms with Gasteiger partial charge in [-0.25, -0.2) is 9.97 Å². The summed E-state index contributed by atoms with van der Waals surface area (Å²) >= 11 is 9.26. The molecular formula is C8H5ClIN3OS. The van der Waals surface area contributed by atoms with E-state index in [9.17, 15) is 0 Å². The Morgan fingerprint density at radius 2 is 2.33 bits per heavy atom. The van der Waals surface area contributed by atoms with E-state index >= 15 is 0 Å². The lowest BCUT2D eigenvalue weighted by atomic mass is 10.4. The third-order valence-electron chi connectivity index (χ3n) is 1.62. The van der Waals surface area contributed by atoms with Gasteiger partial charge < -0.3 is 4.74 Å². The largest absolute Gasteiger partial charge is 0.480 e. The SMILES string of the molecule is COc1cc(-c2ncc(I)c(Cl)n2)sn1. The molecule has 78 valence electrons. The molecule has 15 heavy (non-hydrogen) atoms. The van der Waals surface area contributed by atoms with Crippen LogP contribution in [-0.2, 0) is 0 Å². The number of rotatable bonds is 2. The maximum Gasteiger partial charge on any atom is 0.225 e. The Morgan fingerprint density at radius 3 is 2.93 bits per heavy atom. The predicted octanol–water partition coefficient (Wildman–Crippen LogP) is 2.87. The summed E-state index contributed by atoms with van der Waals surface area (Å²) in [6.45, 7) is 0. The zero-order chi connectivity index (χ0) is 10.8. The van der Waals surface area contributed by atoms with Crippen LogP contribution in [-0.4, -0.2) is 21.5 Å². The Labute approximate surface area is 109 Å². The average Bonchev–Trinajstić information content (AvgIpc) is 2.70. The van der Waals surface area contributed by atoms with Gasteiger partial charge in [0, 0.05) is 12.3 Å². The molecule has 0 saturated heterocycles. The first-order valence-corrected chi connectivity index (χ1v) is 6.13. The second-order valence-electron chi connectivity index (χ2n) is 2.57. The van der Waals surface area contributed by atoms with Gasteiger partial charge in [0.2, 0.25) is 5.88 Å². The maximum atomic E-state index is 5.90. The quantitative estimate of drug-likeness (QED) is 0.615. The molecule has 0 saturated carbocycles. The summed E-state index contributed by atoms with van der Waals surface area (Å²) in [6.07, 6.45) is 1.68. The van der Waals surface area contributed by atoms with Crippen LogP contribution in [0.2, 0.25) is 5.15 Å². The van der Waals surface area contributed by atoms with Crippen LogP contribution in [0, 0.1) is 3.57 Å². The van der Waals surface area contributed by atoms with Crippen molar-refractivity contribution in [2.75, 3.05) is 7.11 Å². The number of aromatic nitrogens is 3. The second-order valence-corrected chi connectivity index (χ2v) is 4.89. The summed E-state index contributed by atoms with van der Waals surface area (Å²) in [5.41, 5.74) is 0. The fourth-order valence-corrected chi connectivity index (χ4v) is 1.96. The van der Waals surface area contributed by atoms with Crippen molar-refractivity contribution in [1.29, 1.82) is 0 Å². The van der Waals surface area contributed by atoms with Crippen molar-refractivity contribution in [3.8, 4) is 16.6 Å². The lowest BCUT2D eigenvalue weighted by Crippen LogP contribution is -1.89. The van der Waals surface area contributed by atoms with Gasteiger partial charge in [-0.15, -0.1) is 0 Å². The predicted molar refractivity (Wildman–Crippen MR) is 67.4 cm³/mol. The highest BCUT2D eigenvalue weighted by molar-refractivity contribution is 14.1. The number of hydrogen-bond acceptors (Lipinski definition) is 5. The van der Waals surface area contributed by atoms with Gasteiger partial charge in [-0.2, -0.15) is 4.37 Å². The molecule has 0 unspecified atom stereocenters. The second kappa shape index (κ2) is 4.58. The van der Waals surface area contributed by atoms with Crippen LogP contribution in [0.1, 0.15) is 0 Å². The molecule has 0 bridgehead atoms. The topological polar surface area (TPSA) is 47.9 Å². The van der Waals surface area contributed by atoms with E-state index in [1.807, 2.05) is 0 Å². The molecule has 2 rings (SSSR count). The van der Waals surface area contributed by atoms with Crippen molar-refractivity contribution in [1.82, 2.24) is 14.3 Å². The third-order valence-corrected chi connectivity index (χ3v) is 3.78. The smallest absolute Gasteiger partial charge is 0.225 e. The molecule has 2 aromatic heterocycles. The zero-order valence-electron chi connectivity index (χ0n) is 7.57. The third kappa shape index (κ3) is 2.37. The highest BCUT2D eigenvalue weighted by Gasteiger charge is 2.09. The summed E-state index contributed by atoms with van der Waals surface area (Å²) in [7, 11) is 1.57. The molecule has 0 amide bonds. The van der Waals surface area contributed by atoms with Crippen molar-refractivity contribution >= 4 is 45.7 Å². The van der Waals surface area contributed by atoms with E-state index in [4.69, 9.17) is 16.3 Å². The van der Waals surface area contributed by atoms with Crippen LogP contribution in [0.15, 0.2) is 12.3 Å². The molecule has 0 radical (unpaired) electrons. The molecule has 0 aliphatic heterocycles. The van der Waals surface area contributed by atoms with E-state index in [0.29, 0.717) is 16.9 Å². The van der Waals surface area contributed by atoms with Gasteiger partial charge in [0.15, 0.2) is 5.82 Å². The van der Waals surface area contributed by atoms with E-state index in [-0.39, 0.29) is 0 Å². The molecule has 2 aromatic rings. The number of ether oxygens (including phenoxy) is 1. The first-order valence-electron chi connectivity index (χ1n) is 3.90. The van der Waals surface area contributed by atoms with Gasteiger partial charge >= 0.3 is 0 Å². The van der Waals surface area contributed by atoms with E-state index in [1.54, 1.807) is 19.4 Å².